The van der Waals surface area contributed by atoms with E-state index in [0.717, 1.165) is 5.56 Å². The minimum absolute atomic E-state index is 0. The molecule has 1 atom stereocenters. The van der Waals surface area contributed by atoms with Crippen LogP contribution in [-0.4, -0.2) is 25.4 Å². The molecule has 0 aliphatic rings. The van der Waals surface area contributed by atoms with Crippen LogP contribution < -0.4 is 0 Å². The molecule has 2 aromatic rings. The molecule has 15 heteroatoms. The molecule has 0 amide bonds. The predicted octanol–water partition coefficient (Wildman–Crippen LogP) is 4.25. The Bertz CT molecular complexity index is 1190. The van der Waals surface area contributed by atoms with Gasteiger partial charge in [-0.2, -0.15) is 17.5 Å². The van der Waals surface area contributed by atoms with Crippen LogP contribution in [0, 0.1) is 59.2 Å². The van der Waals surface area contributed by atoms with E-state index in [1.807, 2.05) is 0 Å². The third-order valence-corrected chi connectivity index (χ3v) is 5.80. The predicted molar refractivity (Wildman–Crippen MR) is 122 cm³/mol. The van der Waals surface area contributed by atoms with Crippen molar-refractivity contribution < 1.29 is 83.1 Å². The molecular weight excluding hydrogens is 661 g/mol. The monoisotopic (exact) mass is 679 g/mol. The van der Waals surface area contributed by atoms with Crippen LogP contribution in [0.1, 0.15) is 17.2 Å². The number of alkyl halides is 3. The van der Waals surface area contributed by atoms with E-state index in [2.05, 4.69) is 52.4 Å². The molecular formula is C26H18Co2F3NO8S. The number of hydrogen-bond acceptors (Lipinski definition) is 2. The van der Waals surface area contributed by atoms with Gasteiger partial charge in [0.1, 0.15) is 0 Å². The van der Waals surface area contributed by atoms with Gasteiger partial charge in [-0.3, -0.25) is 0 Å². The van der Waals surface area contributed by atoms with Gasteiger partial charge in [-0.1, -0.05) is 60.5 Å². The van der Waals surface area contributed by atoms with Crippen LogP contribution in [-0.2, 0) is 71.5 Å². The first-order chi connectivity index (χ1) is 18.6. The van der Waals surface area contributed by atoms with E-state index >= 15 is 0 Å². The van der Waals surface area contributed by atoms with E-state index in [1.165, 1.54) is 36.4 Å². The molecule has 0 saturated carbocycles. The Morgan fingerprint density at radius 2 is 1.22 bits per heavy atom. The van der Waals surface area contributed by atoms with E-state index < -0.39 is 34.4 Å². The van der Waals surface area contributed by atoms with Crippen LogP contribution in [0.3, 0.4) is 0 Å². The average Bonchev–Trinajstić information content (AvgIpc) is 2.99. The largest absolute Gasteiger partial charge is 0 e. The smallest absolute Gasteiger partial charge is 0 e. The molecule has 220 valence electrons. The Hall–Kier alpha value is -3.11. The third kappa shape index (κ3) is 19.6. The van der Waals surface area contributed by atoms with Gasteiger partial charge in [-0.15, -0.1) is 6.42 Å². The Morgan fingerprint density at radius 3 is 1.54 bits per heavy atom. The van der Waals surface area contributed by atoms with Gasteiger partial charge in [0.15, 0.2) is 0 Å². The first-order valence-corrected chi connectivity index (χ1v) is 10.6. The summed E-state index contributed by atoms with van der Waals surface area (Å²) in [6, 6.07) is 11.6. The number of halogens is 3. The van der Waals surface area contributed by atoms with Crippen LogP contribution in [0.4, 0.5) is 13.2 Å². The van der Waals surface area contributed by atoms with Gasteiger partial charge in [0, 0.05) is 39.1 Å². The summed E-state index contributed by atoms with van der Waals surface area (Å²) in [4.78, 5) is -0.140. The van der Waals surface area contributed by atoms with Gasteiger partial charge in [-0.05, 0) is 24.6 Å². The minimum Gasteiger partial charge on any atom is 0 e. The van der Waals surface area contributed by atoms with Crippen LogP contribution in [0.15, 0.2) is 71.6 Å². The van der Waals surface area contributed by atoms with Crippen molar-refractivity contribution in [2.75, 3.05) is 6.54 Å². The summed E-state index contributed by atoms with van der Waals surface area (Å²) in [7, 11) is -4.30. The molecule has 0 fully saturated rings. The summed E-state index contributed by atoms with van der Waals surface area (Å²) < 4.78 is 112. The maximum absolute atomic E-state index is 13.5. The summed E-state index contributed by atoms with van der Waals surface area (Å²) in [5.41, 5.74) is -0.262. The molecule has 0 spiro atoms. The van der Waals surface area contributed by atoms with Crippen LogP contribution >= 0.6 is 0 Å². The first-order valence-electron chi connectivity index (χ1n) is 9.14. The maximum atomic E-state index is 13.5. The average molecular weight is 679 g/mol. The number of rotatable bonds is 6. The van der Waals surface area contributed by atoms with E-state index in [-0.39, 0.29) is 44.0 Å². The molecule has 2 aromatic carbocycles. The molecule has 0 heterocycles. The molecule has 41 heavy (non-hydrogen) atoms. The first kappa shape index (κ1) is 54.0. The summed E-state index contributed by atoms with van der Waals surface area (Å²) in [5.74, 6) is 2.15. The third-order valence-electron chi connectivity index (χ3n) is 3.97. The zero-order valence-corrected chi connectivity index (χ0v) is 23.6. The molecule has 9 nitrogen and oxygen atoms in total. The van der Waals surface area contributed by atoms with Gasteiger partial charge < -0.3 is 0 Å². The normalized spacial score (nSPS) is 8.98. The number of benzene rings is 2. The van der Waals surface area contributed by atoms with Crippen molar-refractivity contribution in [2.24, 2.45) is 0 Å². The van der Waals surface area contributed by atoms with Crippen LogP contribution in [0.25, 0.3) is 0 Å². The zero-order chi connectivity index (χ0) is 32.2. The molecule has 2 radical (unpaired) electrons. The van der Waals surface area contributed by atoms with E-state index in [1.54, 1.807) is 25.1 Å². The molecule has 0 aliphatic heterocycles. The number of hydrogen-bond donors (Lipinski definition) is 0. The maximum Gasteiger partial charge on any atom is 0 e. The van der Waals surface area contributed by atoms with Crippen molar-refractivity contribution in [1.82, 2.24) is 4.31 Å². The fourth-order valence-electron chi connectivity index (χ4n) is 2.58. The standard InChI is InChI=1S/C20H18F3NO2S.6CO.2Co/c1-4-14-24(27(25,26)18-12-10-15(2)11-13-18)19(16(3)20(21,22)23)17-8-6-5-7-9-17;6*1-2;;/h1,5-13,19H,3,14H2,2H3;;;;;;;;. The van der Waals surface area contributed by atoms with Gasteiger partial charge in [0.25, 0.3) is 0 Å². The quantitative estimate of drug-likeness (QED) is 0.194. The number of aryl methyl sites for hydroxylation is 1. The Morgan fingerprint density at radius 1 is 0.854 bits per heavy atom. The van der Waals surface area contributed by atoms with E-state index in [9.17, 15) is 21.6 Å². The molecule has 1 unspecified atom stereocenters. The van der Waals surface area contributed by atoms with Crippen molar-refractivity contribution in [1.29, 1.82) is 0 Å². The van der Waals surface area contributed by atoms with Crippen LogP contribution in [0.2, 0.25) is 0 Å². The number of sulfonamides is 1. The van der Waals surface area contributed by atoms with E-state index in [4.69, 9.17) is 34.3 Å². The molecule has 0 aliphatic carbocycles. The minimum atomic E-state index is -4.80. The topological polar surface area (TPSA) is 157 Å². The fraction of sp³-hybridized carbons (Fsp3) is 0.154. The second-order valence-electron chi connectivity index (χ2n) is 5.90. The van der Waals surface area contributed by atoms with Crippen molar-refractivity contribution in [3.8, 4) is 12.3 Å². The molecule has 0 N–H and O–H groups in total. The SMILES string of the molecule is C#CCN(C(C(=C)C(F)(F)F)c1ccccc1)S(=O)(=O)c1ccc(C)cc1.[C-]#[O+].[C-]#[O+].[C-]#[O+].[C-]#[O+].[C-]#[O+].[C-]#[O+].[Co].[Co]. The van der Waals surface area contributed by atoms with Crippen molar-refractivity contribution in [3.05, 3.63) is 118 Å². The van der Waals surface area contributed by atoms with Gasteiger partial charge in [0.05, 0.1) is 17.5 Å². The summed E-state index contributed by atoms with van der Waals surface area (Å²) in [6.45, 7) is 31.4. The summed E-state index contributed by atoms with van der Waals surface area (Å²) >= 11 is 0. The molecule has 0 bridgehead atoms. The summed E-state index contributed by atoms with van der Waals surface area (Å²) in [6.07, 6.45) is 0.491. The zero-order valence-electron chi connectivity index (χ0n) is 20.7. The van der Waals surface area contributed by atoms with E-state index in [0.29, 0.717) is 4.31 Å². The Labute approximate surface area is 257 Å². The summed E-state index contributed by atoms with van der Waals surface area (Å²) in [5, 5.41) is 0. The van der Waals surface area contributed by atoms with Crippen molar-refractivity contribution in [2.45, 2.75) is 24.0 Å². The molecule has 0 aromatic heterocycles. The Balaban J connectivity index is -0.000000146. The van der Waals surface area contributed by atoms with Crippen LogP contribution in [0.5, 0.6) is 0 Å². The van der Waals surface area contributed by atoms with Gasteiger partial charge >= 0.3 is 74.0 Å². The number of nitrogens with zero attached hydrogens (tertiary/aromatic N) is 1. The molecule has 0 saturated heterocycles. The Kier molecular flexibility index (Phi) is 43.6. The molecule has 2 rings (SSSR count). The van der Waals surface area contributed by atoms with Gasteiger partial charge in [0.2, 0.25) is 10.0 Å². The second kappa shape index (κ2) is 33.1. The van der Waals surface area contributed by atoms with Crippen molar-refractivity contribution in [3.63, 3.8) is 0 Å². The van der Waals surface area contributed by atoms with Gasteiger partial charge in [-0.25, -0.2) is 8.42 Å². The number of terminal acetylenes is 1. The van der Waals surface area contributed by atoms with Crippen molar-refractivity contribution >= 4 is 10.0 Å². The fourth-order valence-corrected chi connectivity index (χ4v) is 4.10. The second-order valence-corrected chi connectivity index (χ2v) is 7.79.